The van der Waals surface area contributed by atoms with Gasteiger partial charge in [-0.1, -0.05) is 79.9 Å². The van der Waals surface area contributed by atoms with Crippen LogP contribution < -0.4 is 10.3 Å². The van der Waals surface area contributed by atoms with Gasteiger partial charge in [0.2, 0.25) is 0 Å². The molecule has 0 atom stereocenters. The molecule has 0 N–H and O–H groups in total. The lowest BCUT2D eigenvalue weighted by molar-refractivity contribution is -0.128. The van der Waals surface area contributed by atoms with Crippen LogP contribution in [0.5, 0.6) is 5.75 Å². The smallest absolute Gasteiger partial charge is 0.336 e. The Morgan fingerprint density at radius 2 is 1.65 bits per heavy atom. The average molecular weight is 743 g/mol. The van der Waals surface area contributed by atoms with Gasteiger partial charge in [-0.25, -0.2) is 9.78 Å². The fourth-order valence-electron chi connectivity index (χ4n) is 3.79. The Morgan fingerprint density at radius 1 is 0.925 bits per heavy atom. The predicted molar refractivity (Wildman–Crippen MR) is 170 cm³/mol. The summed E-state index contributed by atoms with van der Waals surface area (Å²) in [4.78, 5) is 31.0. The average Bonchev–Trinajstić information content (AvgIpc) is 2.94. The molecule has 0 spiro atoms. The number of hydrogen-bond acceptors (Lipinski definition) is 5. The van der Waals surface area contributed by atoms with E-state index in [1.165, 1.54) is 17.0 Å². The maximum atomic E-state index is 13.5. The van der Waals surface area contributed by atoms with Gasteiger partial charge in [-0.2, -0.15) is 9.78 Å². The van der Waals surface area contributed by atoms with Crippen molar-refractivity contribution < 1.29 is 9.53 Å². The molecule has 0 aliphatic heterocycles. The molecule has 0 saturated carbocycles. The molecule has 4 aromatic carbocycles. The molecule has 5 aromatic rings. The van der Waals surface area contributed by atoms with Crippen molar-refractivity contribution in [2.24, 2.45) is 5.10 Å². The first-order valence-corrected chi connectivity index (χ1v) is 14.5. The van der Waals surface area contributed by atoms with E-state index in [-0.39, 0.29) is 11.3 Å². The molecule has 1 heterocycles. The third-order valence-electron chi connectivity index (χ3n) is 5.69. The number of esters is 1. The topological polar surface area (TPSA) is 73.5 Å². The zero-order valence-corrected chi connectivity index (χ0v) is 25.9. The van der Waals surface area contributed by atoms with Crippen molar-refractivity contribution in [2.75, 3.05) is 0 Å². The van der Waals surface area contributed by atoms with Gasteiger partial charge in [-0.05, 0) is 76.1 Å². The van der Waals surface area contributed by atoms with E-state index >= 15 is 0 Å². The van der Waals surface area contributed by atoms with Crippen LogP contribution >= 0.6 is 59.4 Å². The third-order valence-corrected chi connectivity index (χ3v) is 7.52. The number of carbonyl (C=O) groups is 1. The summed E-state index contributed by atoms with van der Waals surface area (Å²) in [5, 5.41) is 5.55. The number of hydrogen-bond donors (Lipinski definition) is 0. The van der Waals surface area contributed by atoms with E-state index < -0.39 is 5.97 Å². The minimum atomic E-state index is -0.590. The van der Waals surface area contributed by atoms with Crippen LogP contribution in [0.3, 0.4) is 0 Å². The molecule has 0 unspecified atom stereocenters. The molecule has 0 aliphatic carbocycles. The number of halogens is 4. The van der Waals surface area contributed by atoms with Crippen molar-refractivity contribution >= 4 is 88.6 Å². The molecule has 0 amide bonds. The lowest BCUT2D eigenvalue weighted by Gasteiger charge is -2.11. The van der Waals surface area contributed by atoms with Crippen LogP contribution in [0.1, 0.15) is 11.1 Å². The molecular weight excluding hydrogens is 726 g/mol. The summed E-state index contributed by atoms with van der Waals surface area (Å²) >= 11 is 16.3. The summed E-state index contributed by atoms with van der Waals surface area (Å²) in [6.07, 6.45) is 4.41. The van der Waals surface area contributed by atoms with E-state index in [9.17, 15) is 9.59 Å². The Kier molecular flexibility index (Phi) is 8.75. The summed E-state index contributed by atoms with van der Waals surface area (Å²) in [5.41, 5.74) is 2.18. The van der Waals surface area contributed by atoms with Gasteiger partial charge in [-0.15, -0.1) is 0 Å². The summed E-state index contributed by atoms with van der Waals surface area (Å²) in [6.45, 7) is 0. The quantitative estimate of drug-likeness (QED) is 0.0758. The van der Waals surface area contributed by atoms with Crippen LogP contribution in [0.25, 0.3) is 28.4 Å². The Morgan fingerprint density at radius 3 is 2.40 bits per heavy atom. The number of rotatable bonds is 6. The largest absolute Gasteiger partial charge is 0.421 e. The predicted octanol–water partition coefficient (Wildman–Crippen LogP) is 8.51. The maximum absolute atomic E-state index is 13.5. The zero-order valence-electron chi connectivity index (χ0n) is 20.4. The molecule has 0 fully saturated rings. The number of fused-ring (bicyclic) bond motifs is 1. The van der Waals surface area contributed by atoms with Crippen molar-refractivity contribution in [3.05, 3.63) is 131 Å². The second-order valence-corrected chi connectivity index (χ2v) is 11.6. The van der Waals surface area contributed by atoms with Crippen LogP contribution in [0.15, 0.2) is 114 Å². The monoisotopic (exact) mass is 739 g/mol. The Hall–Kier alpha value is -3.37. The van der Waals surface area contributed by atoms with Gasteiger partial charge in [0.15, 0.2) is 11.6 Å². The van der Waals surface area contributed by atoms with Crippen LogP contribution in [0, 0.1) is 0 Å². The van der Waals surface area contributed by atoms with Gasteiger partial charge in [0, 0.05) is 31.2 Å². The fourth-order valence-corrected chi connectivity index (χ4v) is 5.52. The van der Waals surface area contributed by atoms with Crippen LogP contribution in [0.2, 0.25) is 5.02 Å². The number of carbonyl (C=O) groups excluding carboxylic acids is 1. The normalized spacial score (nSPS) is 11.5. The van der Waals surface area contributed by atoms with Crippen molar-refractivity contribution in [3.63, 3.8) is 0 Å². The number of nitrogens with zero attached hydrogens (tertiary/aromatic N) is 3. The maximum Gasteiger partial charge on any atom is 0.336 e. The summed E-state index contributed by atoms with van der Waals surface area (Å²) < 4.78 is 9.05. The van der Waals surface area contributed by atoms with Crippen molar-refractivity contribution in [1.29, 1.82) is 0 Å². The molecule has 5 rings (SSSR count). The van der Waals surface area contributed by atoms with Crippen LogP contribution in [-0.4, -0.2) is 21.8 Å². The molecule has 198 valence electrons. The highest BCUT2D eigenvalue weighted by Crippen LogP contribution is 2.32. The second kappa shape index (κ2) is 12.4. The number of ether oxygens (including phenoxy) is 1. The van der Waals surface area contributed by atoms with Gasteiger partial charge < -0.3 is 4.74 Å². The molecule has 40 heavy (non-hydrogen) atoms. The highest BCUT2D eigenvalue weighted by atomic mass is 79.9. The lowest BCUT2D eigenvalue weighted by Crippen LogP contribution is -2.20. The van der Waals surface area contributed by atoms with Crippen LogP contribution in [-0.2, 0) is 4.79 Å². The Bertz CT molecular complexity index is 1850. The molecule has 0 bridgehead atoms. The summed E-state index contributed by atoms with van der Waals surface area (Å²) in [6, 6.07) is 25.1. The molecule has 6 nitrogen and oxygen atoms in total. The van der Waals surface area contributed by atoms with E-state index in [1.807, 2.05) is 30.3 Å². The van der Waals surface area contributed by atoms with E-state index in [2.05, 4.69) is 52.9 Å². The van der Waals surface area contributed by atoms with Crippen molar-refractivity contribution in [2.45, 2.75) is 0 Å². The van der Waals surface area contributed by atoms with Gasteiger partial charge >= 0.3 is 5.97 Å². The molecule has 0 radical (unpaired) electrons. The SMILES string of the molecule is O=C(/C=C/c1ccc(Cl)cc1)Oc1c(Br)cc(Br)cc1C=Nn1c(-c2ccc(Br)cc2)nc2ccccc2c1=O. The molecular formula is C30H17Br3ClN3O3. The first-order chi connectivity index (χ1) is 19.3. The van der Waals surface area contributed by atoms with Gasteiger partial charge in [0.1, 0.15) is 0 Å². The van der Waals surface area contributed by atoms with Crippen molar-refractivity contribution in [3.8, 4) is 17.1 Å². The summed E-state index contributed by atoms with van der Waals surface area (Å²) in [7, 11) is 0. The molecule has 0 saturated heterocycles. The second-order valence-electron chi connectivity index (χ2n) is 8.43. The van der Waals surface area contributed by atoms with E-state index in [4.69, 9.17) is 21.3 Å². The number of para-hydroxylation sites is 1. The highest BCUT2D eigenvalue weighted by molar-refractivity contribution is 9.11. The standard InChI is InChI=1S/C30H17Br3ClN3O3/c31-21-10-8-19(9-11-21)29-36-26-4-2-1-3-24(26)30(39)37(29)35-17-20-15-22(32)16-25(33)28(20)40-27(38)14-7-18-5-12-23(34)13-6-18/h1-17H/b14-7+,35-17?. The Balaban J connectivity index is 1.54. The van der Waals surface area contributed by atoms with Gasteiger partial charge in [0.25, 0.3) is 5.56 Å². The van der Waals surface area contributed by atoms with Gasteiger partial charge in [-0.3, -0.25) is 4.79 Å². The van der Waals surface area contributed by atoms with Crippen LogP contribution in [0.4, 0.5) is 0 Å². The molecule has 0 aliphatic rings. The number of benzene rings is 4. The first-order valence-electron chi connectivity index (χ1n) is 11.7. The molecule has 10 heteroatoms. The zero-order chi connectivity index (χ0) is 28.2. The van der Waals surface area contributed by atoms with E-state index in [0.29, 0.717) is 37.3 Å². The third kappa shape index (κ3) is 6.50. The van der Waals surface area contributed by atoms with E-state index in [0.717, 1.165) is 14.5 Å². The highest BCUT2D eigenvalue weighted by Gasteiger charge is 2.15. The van der Waals surface area contributed by atoms with Gasteiger partial charge in [0.05, 0.1) is 21.6 Å². The first kappa shape index (κ1) is 28.2. The van der Waals surface area contributed by atoms with E-state index in [1.54, 1.807) is 60.7 Å². The molecule has 1 aromatic heterocycles. The Labute approximate surface area is 259 Å². The summed E-state index contributed by atoms with van der Waals surface area (Å²) in [5.74, 6) is 0.0170. The minimum absolute atomic E-state index is 0.240. The minimum Gasteiger partial charge on any atom is -0.421 e. The van der Waals surface area contributed by atoms with Crippen molar-refractivity contribution in [1.82, 2.24) is 9.66 Å². The lowest BCUT2D eigenvalue weighted by atomic mass is 10.2. The number of aromatic nitrogens is 2. The fraction of sp³-hybridized carbons (Fsp3) is 0.